The van der Waals surface area contributed by atoms with Crippen LogP contribution in [0.15, 0.2) is 41.9 Å². The summed E-state index contributed by atoms with van der Waals surface area (Å²) in [4.78, 5) is 29.2. The molecule has 0 bridgehead atoms. The van der Waals surface area contributed by atoms with E-state index >= 15 is 0 Å². The van der Waals surface area contributed by atoms with Gasteiger partial charge in [0.25, 0.3) is 0 Å². The highest BCUT2D eigenvalue weighted by Crippen LogP contribution is 2.22. The standard InChI is InChI=1S/C20H20N2O5S2/c1-13-9-17(14(2)22(13)20-21-7-8-28-20)18(23)11-27-19(24)16-6-4-5-15(10-16)12-29(3,25)26/h4-10H,11-12H2,1-3H3. The van der Waals surface area contributed by atoms with E-state index in [1.54, 1.807) is 24.4 Å². The molecule has 0 unspecified atom stereocenters. The van der Waals surface area contributed by atoms with Crippen LogP contribution in [0.5, 0.6) is 0 Å². The van der Waals surface area contributed by atoms with Gasteiger partial charge in [0.1, 0.15) is 0 Å². The third-order valence-corrected chi connectivity index (χ3v) is 5.88. The highest BCUT2D eigenvalue weighted by molar-refractivity contribution is 7.89. The van der Waals surface area contributed by atoms with E-state index in [1.165, 1.54) is 23.5 Å². The number of nitrogens with zero attached hydrogens (tertiary/aromatic N) is 2. The number of Topliss-reactive ketones (excluding diaryl/α,β-unsaturated/α-hetero) is 1. The van der Waals surface area contributed by atoms with E-state index in [0.29, 0.717) is 11.1 Å². The Balaban J connectivity index is 1.71. The first-order valence-corrected chi connectivity index (χ1v) is 11.7. The molecule has 7 nitrogen and oxygen atoms in total. The summed E-state index contributed by atoms with van der Waals surface area (Å²) in [6.07, 6.45) is 2.82. The molecule has 0 atom stereocenters. The minimum absolute atomic E-state index is 0.171. The Morgan fingerprint density at radius 1 is 1.21 bits per heavy atom. The molecular weight excluding hydrogens is 412 g/mol. The molecule has 2 aromatic heterocycles. The number of hydrogen-bond acceptors (Lipinski definition) is 7. The van der Waals surface area contributed by atoms with E-state index in [0.717, 1.165) is 22.8 Å². The zero-order valence-corrected chi connectivity index (χ0v) is 17.8. The van der Waals surface area contributed by atoms with Crippen molar-refractivity contribution >= 4 is 32.9 Å². The zero-order valence-electron chi connectivity index (χ0n) is 16.2. The highest BCUT2D eigenvalue weighted by Gasteiger charge is 2.19. The molecule has 2 heterocycles. The van der Waals surface area contributed by atoms with Crippen molar-refractivity contribution in [1.82, 2.24) is 9.55 Å². The monoisotopic (exact) mass is 432 g/mol. The summed E-state index contributed by atoms with van der Waals surface area (Å²) in [6, 6.07) is 7.94. The quantitative estimate of drug-likeness (QED) is 0.420. The lowest BCUT2D eigenvalue weighted by Gasteiger charge is -2.07. The lowest BCUT2D eigenvalue weighted by Crippen LogP contribution is -2.15. The molecule has 0 fully saturated rings. The molecule has 9 heteroatoms. The number of aryl methyl sites for hydroxylation is 1. The minimum Gasteiger partial charge on any atom is -0.454 e. The summed E-state index contributed by atoms with van der Waals surface area (Å²) >= 11 is 1.46. The highest BCUT2D eigenvalue weighted by atomic mass is 32.2. The van der Waals surface area contributed by atoms with Crippen molar-refractivity contribution in [3.63, 3.8) is 0 Å². The number of carbonyl (C=O) groups excluding carboxylic acids is 2. The van der Waals surface area contributed by atoms with E-state index in [1.807, 2.05) is 23.8 Å². The second kappa shape index (κ2) is 8.30. The van der Waals surface area contributed by atoms with Gasteiger partial charge in [-0.2, -0.15) is 0 Å². The third-order valence-electron chi connectivity index (χ3n) is 4.27. The molecule has 3 aromatic rings. The molecule has 0 radical (unpaired) electrons. The van der Waals surface area contributed by atoms with Crippen LogP contribution in [0.2, 0.25) is 0 Å². The second-order valence-electron chi connectivity index (χ2n) is 6.70. The first-order chi connectivity index (χ1) is 13.7. The van der Waals surface area contributed by atoms with Gasteiger partial charge in [0.05, 0.1) is 11.3 Å². The van der Waals surface area contributed by atoms with Crippen molar-refractivity contribution in [2.75, 3.05) is 12.9 Å². The second-order valence-corrected chi connectivity index (χ2v) is 9.72. The van der Waals surface area contributed by atoms with Crippen molar-refractivity contribution in [2.45, 2.75) is 19.6 Å². The van der Waals surface area contributed by atoms with Crippen LogP contribution in [0.3, 0.4) is 0 Å². The molecule has 152 valence electrons. The van der Waals surface area contributed by atoms with Gasteiger partial charge in [-0.05, 0) is 37.6 Å². The van der Waals surface area contributed by atoms with Crippen LogP contribution >= 0.6 is 11.3 Å². The number of ether oxygens (including phenoxy) is 1. The van der Waals surface area contributed by atoms with Crippen molar-refractivity contribution < 1.29 is 22.7 Å². The van der Waals surface area contributed by atoms with Crippen molar-refractivity contribution in [1.29, 1.82) is 0 Å². The van der Waals surface area contributed by atoms with Crippen molar-refractivity contribution in [2.24, 2.45) is 0 Å². The number of carbonyl (C=O) groups is 2. The van der Waals surface area contributed by atoms with Crippen LogP contribution in [0.4, 0.5) is 0 Å². The van der Waals surface area contributed by atoms with E-state index in [4.69, 9.17) is 4.74 Å². The number of hydrogen-bond donors (Lipinski definition) is 0. The Labute approximate surface area is 172 Å². The topological polar surface area (TPSA) is 95.3 Å². The summed E-state index contributed by atoms with van der Waals surface area (Å²) in [5.74, 6) is -1.17. The molecule has 29 heavy (non-hydrogen) atoms. The average Bonchev–Trinajstić information content (AvgIpc) is 3.26. The number of aromatic nitrogens is 2. The normalized spacial score (nSPS) is 11.4. The maximum atomic E-state index is 12.6. The zero-order chi connectivity index (χ0) is 21.2. The van der Waals surface area contributed by atoms with Gasteiger partial charge >= 0.3 is 5.97 Å². The number of rotatable bonds is 7. The summed E-state index contributed by atoms with van der Waals surface area (Å²) < 4.78 is 29.9. The van der Waals surface area contributed by atoms with Gasteiger partial charge in [0.15, 0.2) is 21.6 Å². The number of ketones is 1. The van der Waals surface area contributed by atoms with Crippen LogP contribution in [-0.4, -0.2) is 42.6 Å². The number of sulfone groups is 1. The lowest BCUT2D eigenvalue weighted by molar-refractivity contribution is 0.0474. The predicted octanol–water partition coefficient (Wildman–Crippen LogP) is 3.13. The van der Waals surface area contributed by atoms with Crippen LogP contribution in [-0.2, 0) is 20.3 Å². The molecule has 0 N–H and O–H groups in total. The molecule has 0 amide bonds. The van der Waals surface area contributed by atoms with Crippen LogP contribution in [0.1, 0.15) is 37.7 Å². The van der Waals surface area contributed by atoms with Gasteiger partial charge in [-0.25, -0.2) is 18.2 Å². The largest absolute Gasteiger partial charge is 0.454 e. The smallest absolute Gasteiger partial charge is 0.338 e. The summed E-state index contributed by atoms with van der Waals surface area (Å²) in [7, 11) is -3.22. The fraction of sp³-hybridized carbons (Fsp3) is 0.250. The van der Waals surface area contributed by atoms with Gasteiger partial charge in [-0.15, -0.1) is 11.3 Å². The molecule has 0 aliphatic rings. The molecule has 3 rings (SSSR count). The van der Waals surface area contributed by atoms with Gasteiger partial charge in [-0.1, -0.05) is 12.1 Å². The summed E-state index contributed by atoms with van der Waals surface area (Å²) in [6.45, 7) is 3.29. The van der Waals surface area contributed by atoms with Crippen molar-refractivity contribution in [3.8, 4) is 5.13 Å². The number of esters is 1. The van der Waals surface area contributed by atoms with E-state index in [-0.39, 0.29) is 17.1 Å². The molecule has 0 aliphatic heterocycles. The molecule has 0 saturated heterocycles. The molecule has 0 aliphatic carbocycles. The fourth-order valence-corrected chi connectivity index (χ4v) is 4.59. The minimum atomic E-state index is -3.22. The van der Waals surface area contributed by atoms with Gasteiger partial charge in [0, 0.05) is 34.8 Å². The van der Waals surface area contributed by atoms with Gasteiger partial charge < -0.3 is 4.74 Å². The van der Waals surface area contributed by atoms with Crippen LogP contribution in [0.25, 0.3) is 5.13 Å². The van der Waals surface area contributed by atoms with Gasteiger partial charge in [-0.3, -0.25) is 9.36 Å². The maximum absolute atomic E-state index is 12.6. The maximum Gasteiger partial charge on any atom is 0.338 e. The van der Waals surface area contributed by atoms with Crippen LogP contribution in [0, 0.1) is 13.8 Å². The molecule has 1 aromatic carbocycles. The first-order valence-electron chi connectivity index (χ1n) is 8.71. The van der Waals surface area contributed by atoms with E-state index < -0.39 is 22.4 Å². The first kappa shape index (κ1) is 20.9. The molecule has 0 saturated carbocycles. The SMILES string of the molecule is Cc1cc(C(=O)COC(=O)c2cccc(CS(C)(=O)=O)c2)c(C)n1-c1nccs1. The average molecular weight is 433 g/mol. The summed E-state index contributed by atoms with van der Waals surface area (Å²) in [5.41, 5.74) is 2.75. The Hall–Kier alpha value is -2.78. The lowest BCUT2D eigenvalue weighted by atomic mass is 10.1. The van der Waals surface area contributed by atoms with Gasteiger partial charge in [0.2, 0.25) is 5.78 Å². The third kappa shape index (κ3) is 4.99. The predicted molar refractivity (Wildman–Crippen MR) is 111 cm³/mol. The number of thiazole rings is 1. The summed E-state index contributed by atoms with van der Waals surface area (Å²) in [5, 5.41) is 2.62. The van der Waals surface area contributed by atoms with E-state index in [2.05, 4.69) is 4.98 Å². The molecular formula is C20H20N2O5S2. The Morgan fingerprint density at radius 2 is 1.97 bits per heavy atom. The Kier molecular flexibility index (Phi) is 5.99. The Bertz CT molecular complexity index is 1160. The Morgan fingerprint density at radius 3 is 2.62 bits per heavy atom. The molecule has 0 spiro atoms. The van der Waals surface area contributed by atoms with Crippen LogP contribution < -0.4 is 0 Å². The fourth-order valence-electron chi connectivity index (χ4n) is 3.05. The number of benzene rings is 1. The van der Waals surface area contributed by atoms with E-state index in [9.17, 15) is 18.0 Å². The van der Waals surface area contributed by atoms with Crippen molar-refractivity contribution in [3.05, 3.63) is 70.0 Å².